The Labute approximate surface area is 138 Å². The van der Waals surface area contributed by atoms with Gasteiger partial charge in [-0.25, -0.2) is 9.79 Å². The third kappa shape index (κ3) is 2.54. The molecule has 1 aromatic heterocycles. The number of aliphatic imine (C=N–C) groups is 1. The highest BCUT2D eigenvalue weighted by atomic mass is 16.1. The van der Waals surface area contributed by atoms with Crippen LogP contribution in [0, 0.1) is 0 Å². The molecule has 0 amide bonds. The van der Waals surface area contributed by atoms with Gasteiger partial charge in [0.15, 0.2) is 0 Å². The molecule has 2 heterocycles. The van der Waals surface area contributed by atoms with Crippen molar-refractivity contribution in [3.63, 3.8) is 0 Å². The molecule has 1 aliphatic rings. The molecular formula is C18H15N5O. The minimum absolute atomic E-state index is 0.330. The highest BCUT2D eigenvalue weighted by molar-refractivity contribution is 6.05. The quantitative estimate of drug-likeness (QED) is 0.760. The fourth-order valence-corrected chi connectivity index (χ4v) is 2.66. The number of nitrogens with one attached hydrogen (secondary N) is 1. The zero-order valence-corrected chi connectivity index (χ0v) is 12.8. The number of nitrogens with two attached hydrogens (primary N) is 1. The Morgan fingerprint density at radius 3 is 2.62 bits per heavy atom. The second kappa shape index (κ2) is 5.66. The highest BCUT2D eigenvalue weighted by Gasteiger charge is 2.17. The fourth-order valence-electron chi connectivity index (χ4n) is 2.66. The Morgan fingerprint density at radius 2 is 1.79 bits per heavy atom. The molecule has 0 spiro atoms. The van der Waals surface area contributed by atoms with Gasteiger partial charge in [0.1, 0.15) is 11.7 Å². The van der Waals surface area contributed by atoms with Crippen LogP contribution in [-0.2, 0) is 6.54 Å². The lowest BCUT2D eigenvalue weighted by Gasteiger charge is -2.11. The third-order valence-corrected chi connectivity index (χ3v) is 3.86. The molecular weight excluding hydrogens is 302 g/mol. The van der Waals surface area contributed by atoms with E-state index in [1.54, 1.807) is 6.20 Å². The molecule has 0 atom stereocenters. The van der Waals surface area contributed by atoms with Crippen molar-refractivity contribution in [3.8, 4) is 0 Å². The lowest BCUT2D eigenvalue weighted by Crippen LogP contribution is -2.27. The molecule has 3 N–H and O–H groups in total. The minimum Gasteiger partial charge on any atom is -0.383 e. The standard InChI is InChI=1S/C18H15N5O/c19-16-13-11-23(10-12-6-2-1-3-7-12)18(24)22-17(13)21-15-9-5-4-8-14(15)20-16/h1-9,11H,10H2,(H2,19,20)(H,21,22,24). The van der Waals surface area contributed by atoms with Crippen LogP contribution in [0.15, 0.2) is 70.6 Å². The van der Waals surface area contributed by atoms with E-state index in [9.17, 15) is 4.79 Å². The monoisotopic (exact) mass is 317 g/mol. The van der Waals surface area contributed by atoms with Crippen LogP contribution >= 0.6 is 0 Å². The minimum atomic E-state index is -0.336. The van der Waals surface area contributed by atoms with Gasteiger partial charge in [-0.1, -0.05) is 42.5 Å². The van der Waals surface area contributed by atoms with Crippen LogP contribution in [0.1, 0.15) is 11.1 Å². The van der Waals surface area contributed by atoms with E-state index in [2.05, 4.69) is 15.3 Å². The number of hydrogen-bond donors (Lipinski definition) is 2. The summed E-state index contributed by atoms with van der Waals surface area (Å²) in [5.41, 5.74) is 8.91. The number of aromatic nitrogens is 2. The van der Waals surface area contributed by atoms with E-state index in [0.29, 0.717) is 23.8 Å². The van der Waals surface area contributed by atoms with Gasteiger partial charge in [0.05, 0.1) is 23.5 Å². The van der Waals surface area contributed by atoms with Crippen LogP contribution in [0.3, 0.4) is 0 Å². The van der Waals surface area contributed by atoms with Gasteiger partial charge in [0.2, 0.25) is 0 Å². The number of fused-ring (bicyclic) bond motifs is 2. The Balaban J connectivity index is 1.80. The number of amidine groups is 1. The normalized spacial score (nSPS) is 12.4. The maximum absolute atomic E-state index is 12.4. The van der Waals surface area contributed by atoms with Gasteiger partial charge in [-0.15, -0.1) is 0 Å². The van der Waals surface area contributed by atoms with Crippen molar-refractivity contribution in [1.82, 2.24) is 9.55 Å². The molecule has 0 aliphatic carbocycles. The predicted molar refractivity (Wildman–Crippen MR) is 94.2 cm³/mol. The van der Waals surface area contributed by atoms with Gasteiger partial charge < -0.3 is 11.1 Å². The van der Waals surface area contributed by atoms with Crippen molar-refractivity contribution in [3.05, 3.63) is 82.4 Å². The summed E-state index contributed by atoms with van der Waals surface area (Å²) in [5, 5.41) is 3.15. The smallest absolute Gasteiger partial charge is 0.349 e. The molecule has 6 heteroatoms. The number of para-hydroxylation sites is 2. The topological polar surface area (TPSA) is 85.3 Å². The van der Waals surface area contributed by atoms with Gasteiger partial charge in [0.25, 0.3) is 0 Å². The zero-order valence-electron chi connectivity index (χ0n) is 12.8. The van der Waals surface area contributed by atoms with Crippen molar-refractivity contribution >= 4 is 23.0 Å². The predicted octanol–water partition coefficient (Wildman–Crippen LogP) is 2.39. The van der Waals surface area contributed by atoms with E-state index in [4.69, 9.17) is 5.73 Å². The first-order valence-corrected chi connectivity index (χ1v) is 7.57. The molecule has 0 unspecified atom stereocenters. The van der Waals surface area contributed by atoms with Gasteiger partial charge in [-0.05, 0) is 17.7 Å². The number of nitrogens with zero attached hydrogens (tertiary/aromatic N) is 3. The number of benzene rings is 2. The summed E-state index contributed by atoms with van der Waals surface area (Å²) in [6.07, 6.45) is 1.70. The lowest BCUT2D eigenvalue weighted by atomic mass is 10.2. The zero-order chi connectivity index (χ0) is 16.5. The maximum Gasteiger partial charge on any atom is 0.349 e. The first-order valence-electron chi connectivity index (χ1n) is 7.57. The van der Waals surface area contributed by atoms with E-state index in [1.807, 2.05) is 54.6 Å². The van der Waals surface area contributed by atoms with E-state index >= 15 is 0 Å². The molecule has 0 fully saturated rings. The summed E-state index contributed by atoms with van der Waals surface area (Å²) in [7, 11) is 0. The Morgan fingerprint density at radius 1 is 1.04 bits per heavy atom. The molecule has 0 bridgehead atoms. The number of anilines is 2. The van der Waals surface area contributed by atoms with E-state index in [-0.39, 0.29) is 5.69 Å². The largest absolute Gasteiger partial charge is 0.383 e. The van der Waals surface area contributed by atoms with Crippen LogP contribution in [0.2, 0.25) is 0 Å². The maximum atomic E-state index is 12.4. The number of hydrogen-bond acceptors (Lipinski definition) is 5. The van der Waals surface area contributed by atoms with Crippen LogP contribution in [-0.4, -0.2) is 15.4 Å². The highest BCUT2D eigenvalue weighted by Crippen LogP contribution is 2.31. The van der Waals surface area contributed by atoms with Crippen molar-refractivity contribution in [1.29, 1.82) is 0 Å². The summed E-state index contributed by atoms with van der Waals surface area (Å²) >= 11 is 0. The summed E-state index contributed by atoms with van der Waals surface area (Å²) in [6, 6.07) is 17.2. The van der Waals surface area contributed by atoms with Crippen molar-refractivity contribution in [2.45, 2.75) is 6.54 Å². The van der Waals surface area contributed by atoms with Crippen molar-refractivity contribution in [2.75, 3.05) is 5.32 Å². The first-order chi connectivity index (χ1) is 11.7. The van der Waals surface area contributed by atoms with Gasteiger partial charge in [0, 0.05) is 6.20 Å². The van der Waals surface area contributed by atoms with Gasteiger partial charge in [-0.3, -0.25) is 4.57 Å². The summed E-state index contributed by atoms with van der Waals surface area (Å²) in [4.78, 5) is 20.9. The molecule has 4 rings (SSSR count). The summed E-state index contributed by atoms with van der Waals surface area (Å²) in [6.45, 7) is 0.431. The summed E-state index contributed by atoms with van der Waals surface area (Å²) < 4.78 is 1.54. The van der Waals surface area contributed by atoms with Crippen LogP contribution in [0.5, 0.6) is 0 Å². The van der Waals surface area contributed by atoms with Gasteiger partial charge >= 0.3 is 5.69 Å². The van der Waals surface area contributed by atoms with Crippen LogP contribution in [0.25, 0.3) is 0 Å². The first kappa shape index (κ1) is 14.2. The second-order valence-corrected chi connectivity index (χ2v) is 5.54. The average molecular weight is 317 g/mol. The average Bonchev–Trinajstić information content (AvgIpc) is 2.72. The molecule has 2 aromatic carbocycles. The van der Waals surface area contributed by atoms with E-state index in [0.717, 1.165) is 16.9 Å². The SMILES string of the molecule is NC1=Nc2ccccc2Nc2nc(=O)n(Cc3ccccc3)cc21. The molecule has 1 aliphatic heterocycles. The van der Waals surface area contributed by atoms with Crippen LogP contribution < -0.4 is 16.7 Å². The second-order valence-electron chi connectivity index (χ2n) is 5.54. The molecule has 6 nitrogen and oxygen atoms in total. The van der Waals surface area contributed by atoms with Crippen molar-refractivity contribution in [2.24, 2.45) is 10.7 Å². The lowest BCUT2D eigenvalue weighted by molar-refractivity contribution is 0.727. The van der Waals surface area contributed by atoms with Crippen LogP contribution in [0.4, 0.5) is 17.2 Å². The molecule has 0 radical (unpaired) electrons. The Bertz CT molecular complexity index is 992. The molecule has 0 saturated carbocycles. The molecule has 118 valence electrons. The van der Waals surface area contributed by atoms with E-state index < -0.39 is 0 Å². The van der Waals surface area contributed by atoms with Crippen molar-refractivity contribution < 1.29 is 0 Å². The van der Waals surface area contributed by atoms with Gasteiger partial charge in [-0.2, -0.15) is 4.98 Å². The number of rotatable bonds is 2. The molecule has 24 heavy (non-hydrogen) atoms. The molecule has 3 aromatic rings. The van der Waals surface area contributed by atoms with E-state index in [1.165, 1.54) is 4.57 Å². The Hall–Kier alpha value is -3.41. The fraction of sp³-hybridized carbons (Fsp3) is 0.0556. The summed E-state index contributed by atoms with van der Waals surface area (Å²) in [5.74, 6) is 0.757. The third-order valence-electron chi connectivity index (χ3n) is 3.86. The Kier molecular flexibility index (Phi) is 3.35. The molecule has 0 saturated heterocycles.